The van der Waals surface area contributed by atoms with E-state index in [-0.39, 0.29) is 6.10 Å². The van der Waals surface area contributed by atoms with Gasteiger partial charge in [0, 0.05) is 13.2 Å². The molecule has 0 amide bonds. The van der Waals surface area contributed by atoms with Gasteiger partial charge in [-0.05, 0) is 18.6 Å². The molecule has 1 fully saturated rings. The summed E-state index contributed by atoms with van der Waals surface area (Å²) in [7, 11) is 1.32. The molecule has 0 radical (unpaired) electrons. The first-order valence-electron chi connectivity index (χ1n) is 5.64. The maximum absolute atomic E-state index is 11.5. The molecule has 18 heavy (non-hydrogen) atoms. The van der Waals surface area contributed by atoms with E-state index in [1.54, 1.807) is 6.07 Å². The van der Waals surface area contributed by atoms with E-state index < -0.39 is 5.97 Å². The van der Waals surface area contributed by atoms with Crippen LogP contribution in [0.15, 0.2) is 12.1 Å². The van der Waals surface area contributed by atoms with Crippen LogP contribution < -0.4 is 11.1 Å². The molecule has 5 nitrogen and oxygen atoms in total. The maximum Gasteiger partial charge on any atom is 0.337 e. The average molecular weight is 271 g/mol. The first kappa shape index (κ1) is 13.0. The third-order valence-electron chi connectivity index (χ3n) is 2.86. The van der Waals surface area contributed by atoms with Gasteiger partial charge in [0.1, 0.15) is 0 Å². The Hall–Kier alpha value is -1.46. The van der Waals surface area contributed by atoms with Crippen molar-refractivity contribution in [1.82, 2.24) is 0 Å². The number of nitrogen functional groups attached to an aromatic ring is 1. The van der Waals surface area contributed by atoms with Crippen molar-refractivity contribution in [3.63, 3.8) is 0 Å². The summed E-state index contributed by atoms with van der Waals surface area (Å²) in [5, 5.41) is 3.46. The van der Waals surface area contributed by atoms with Crippen molar-refractivity contribution in [2.75, 3.05) is 31.3 Å². The Kier molecular flexibility index (Phi) is 3.93. The van der Waals surface area contributed by atoms with E-state index in [1.165, 1.54) is 13.2 Å². The largest absolute Gasteiger partial charge is 0.465 e. The Morgan fingerprint density at radius 2 is 2.39 bits per heavy atom. The van der Waals surface area contributed by atoms with Crippen molar-refractivity contribution in [1.29, 1.82) is 0 Å². The Labute approximate surface area is 110 Å². The fourth-order valence-electron chi connectivity index (χ4n) is 1.67. The van der Waals surface area contributed by atoms with Crippen molar-refractivity contribution in [2.45, 2.75) is 12.5 Å². The summed E-state index contributed by atoms with van der Waals surface area (Å²) in [6.45, 7) is 1.44. The SMILES string of the molecule is COC(=O)c1cc(Cl)c(N)c(NC[C@@H]2CCO2)c1. The molecule has 0 aliphatic carbocycles. The molecular weight excluding hydrogens is 256 g/mol. The summed E-state index contributed by atoms with van der Waals surface area (Å²) < 4.78 is 9.95. The lowest BCUT2D eigenvalue weighted by molar-refractivity contribution is -0.0410. The van der Waals surface area contributed by atoms with Crippen LogP contribution in [0.1, 0.15) is 16.8 Å². The molecule has 0 saturated carbocycles. The van der Waals surface area contributed by atoms with Crippen molar-refractivity contribution in [3.05, 3.63) is 22.7 Å². The number of halogens is 1. The van der Waals surface area contributed by atoms with E-state index >= 15 is 0 Å². The highest BCUT2D eigenvalue weighted by Crippen LogP contribution is 2.30. The molecule has 6 heteroatoms. The van der Waals surface area contributed by atoms with E-state index in [2.05, 4.69) is 10.1 Å². The number of hydrogen-bond acceptors (Lipinski definition) is 5. The standard InChI is InChI=1S/C12H15ClN2O3/c1-17-12(16)7-4-9(13)11(14)10(5-7)15-6-8-2-3-18-8/h4-5,8,15H,2-3,6,14H2,1H3/t8-/m0/s1. The zero-order valence-corrected chi connectivity index (χ0v) is 10.8. The van der Waals surface area contributed by atoms with Gasteiger partial charge < -0.3 is 20.5 Å². The summed E-state index contributed by atoms with van der Waals surface area (Å²) >= 11 is 5.98. The van der Waals surface area contributed by atoms with Crippen molar-refractivity contribution in [3.8, 4) is 0 Å². The summed E-state index contributed by atoms with van der Waals surface area (Å²) in [4.78, 5) is 11.5. The summed E-state index contributed by atoms with van der Waals surface area (Å²) in [5.74, 6) is -0.445. The van der Waals surface area contributed by atoms with Gasteiger partial charge in [-0.1, -0.05) is 11.6 Å². The summed E-state index contributed by atoms with van der Waals surface area (Å²) in [5.41, 5.74) is 7.26. The van der Waals surface area contributed by atoms with Crippen molar-refractivity contribution < 1.29 is 14.3 Å². The maximum atomic E-state index is 11.5. The fourth-order valence-corrected chi connectivity index (χ4v) is 1.89. The van der Waals surface area contributed by atoms with Crippen LogP contribution in [0.5, 0.6) is 0 Å². The van der Waals surface area contributed by atoms with Gasteiger partial charge >= 0.3 is 5.97 Å². The van der Waals surface area contributed by atoms with Gasteiger partial charge in [0.15, 0.2) is 0 Å². The third-order valence-corrected chi connectivity index (χ3v) is 3.18. The van der Waals surface area contributed by atoms with Gasteiger partial charge in [0.2, 0.25) is 0 Å². The lowest BCUT2D eigenvalue weighted by atomic mass is 10.1. The number of rotatable bonds is 4. The zero-order valence-electron chi connectivity index (χ0n) is 10.0. The van der Waals surface area contributed by atoms with Crippen LogP contribution in [0.3, 0.4) is 0 Å². The molecule has 0 spiro atoms. The lowest BCUT2D eigenvalue weighted by Gasteiger charge is -2.27. The van der Waals surface area contributed by atoms with Gasteiger partial charge in [0.05, 0.1) is 35.2 Å². The van der Waals surface area contributed by atoms with Crippen LogP contribution in [-0.2, 0) is 9.47 Å². The monoisotopic (exact) mass is 270 g/mol. The molecule has 1 heterocycles. The lowest BCUT2D eigenvalue weighted by Crippen LogP contribution is -2.33. The summed E-state index contributed by atoms with van der Waals surface area (Å²) in [6, 6.07) is 3.12. The van der Waals surface area contributed by atoms with Crippen LogP contribution in [0, 0.1) is 0 Å². The molecule has 0 unspecified atom stereocenters. The van der Waals surface area contributed by atoms with Crippen LogP contribution >= 0.6 is 11.6 Å². The normalized spacial score (nSPS) is 18.0. The quantitative estimate of drug-likeness (QED) is 0.646. The second-order valence-electron chi connectivity index (χ2n) is 4.07. The van der Waals surface area contributed by atoms with Gasteiger partial charge in [-0.3, -0.25) is 0 Å². The number of nitrogens with two attached hydrogens (primary N) is 1. The molecule has 2 rings (SSSR count). The number of hydrogen-bond donors (Lipinski definition) is 2. The minimum absolute atomic E-state index is 0.199. The molecule has 3 N–H and O–H groups in total. The van der Waals surface area contributed by atoms with E-state index in [0.717, 1.165) is 13.0 Å². The first-order valence-corrected chi connectivity index (χ1v) is 6.02. The zero-order chi connectivity index (χ0) is 13.1. The number of anilines is 2. The Bertz CT molecular complexity index is 461. The minimum Gasteiger partial charge on any atom is -0.465 e. The number of carbonyl (C=O) groups excluding carboxylic acids is 1. The predicted molar refractivity (Wildman–Crippen MR) is 70.1 cm³/mol. The Balaban J connectivity index is 2.15. The molecular formula is C12H15ClN2O3. The number of ether oxygens (including phenoxy) is 2. The second kappa shape index (κ2) is 5.46. The van der Waals surface area contributed by atoms with Crippen LogP contribution in [0.25, 0.3) is 0 Å². The van der Waals surface area contributed by atoms with Crippen LogP contribution in [0.2, 0.25) is 5.02 Å². The molecule has 0 aromatic heterocycles. The average Bonchev–Trinajstić information content (AvgIpc) is 2.31. The molecule has 0 bridgehead atoms. The Morgan fingerprint density at radius 1 is 1.67 bits per heavy atom. The molecule has 98 valence electrons. The number of esters is 1. The van der Waals surface area contributed by atoms with Crippen LogP contribution in [0.4, 0.5) is 11.4 Å². The minimum atomic E-state index is -0.445. The molecule has 1 aromatic carbocycles. The fraction of sp³-hybridized carbons (Fsp3) is 0.417. The topological polar surface area (TPSA) is 73.6 Å². The highest BCUT2D eigenvalue weighted by molar-refractivity contribution is 6.34. The third kappa shape index (κ3) is 2.68. The smallest absolute Gasteiger partial charge is 0.337 e. The van der Waals surface area contributed by atoms with Crippen molar-refractivity contribution in [2.24, 2.45) is 0 Å². The predicted octanol–water partition coefficient (Wildman–Crippen LogP) is 1.91. The number of nitrogens with one attached hydrogen (secondary N) is 1. The van der Waals surface area contributed by atoms with E-state index in [4.69, 9.17) is 22.1 Å². The molecule has 1 saturated heterocycles. The summed E-state index contributed by atoms with van der Waals surface area (Å²) in [6.07, 6.45) is 1.22. The van der Waals surface area contributed by atoms with E-state index in [9.17, 15) is 4.79 Å². The second-order valence-corrected chi connectivity index (χ2v) is 4.48. The van der Waals surface area contributed by atoms with Crippen molar-refractivity contribution >= 4 is 28.9 Å². The highest BCUT2D eigenvalue weighted by atomic mass is 35.5. The Morgan fingerprint density at radius 3 is 2.94 bits per heavy atom. The van der Waals surface area contributed by atoms with Gasteiger partial charge in [-0.25, -0.2) is 4.79 Å². The number of methoxy groups -OCH3 is 1. The van der Waals surface area contributed by atoms with Gasteiger partial charge in [-0.15, -0.1) is 0 Å². The van der Waals surface area contributed by atoms with Gasteiger partial charge in [0.25, 0.3) is 0 Å². The molecule has 1 aromatic rings. The number of carbonyl (C=O) groups is 1. The molecule has 1 aliphatic heterocycles. The van der Waals surface area contributed by atoms with E-state index in [1.807, 2.05) is 0 Å². The first-order chi connectivity index (χ1) is 8.61. The molecule has 1 aliphatic rings. The highest BCUT2D eigenvalue weighted by Gasteiger charge is 2.19. The van der Waals surface area contributed by atoms with Crippen LogP contribution in [-0.4, -0.2) is 32.3 Å². The number of benzene rings is 1. The molecule has 1 atom stereocenters. The van der Waals surface area contributed by atoms with E-state index in [0.29, 0.717) is 28.5 Å². The van der Waals surface area contributed by atoms with Gasteiger partial charge in [-0.2, -0.15) is 0 Å².